The highest BCUT2D eigenvalue weighted by atomic mass is 19.3. The number of ether oxygens (including phenoxy) is 1. The molecule has 0 bridgehead atoms. The Balaban J connectivity index is 1.73. The Hall–Kier alpha value is -3.43. The summed E-state index contributed by atoms with van der Waals surface area (Å²) in [6.45, 7) is -2.94. The summed E-state index contributed by atoms with van der Waals surface area (Å²) in [5, 5.41) is 6.15. The number of anilines is 1. The first-order chi connectivity index (χ1) is 12.4. The molecule has 0 spiro atoms. The number of carbonyl (C=O) groups excluding carboxylic acids is 1. The van der Waals surface area contributed by atoms with Gasteiger partial charge in [0.05, 0.1) is 11.4 Å². The second kappa shape index (κ2) is 7.21. The predicted molar refractivity (Wildman–Crippen MR) is 82.3 cm³/mol. The van der Waals surface area contributed by atoms with Gasteiger partial charge in [-0.3, -0.25) is 4.79 Å². The van der Waals surface area contributed by atoms with Crippen molar-refractivity contribution in [2.24, 2.45) is 0 Å². The lowest BCUT2D eigenvalue weighted by Crippen LogP contribution is -2.15. The topological polar surface area (TPSA) is 69.0 Å². The standard InChI is InChI=1S/C16H10F4N4O2/c17-9-1-6-13(12(18)7-9)22-15(25)14-21-8-24(23-14)10-2-4-11(5-3-10)26-16(19)20/h1-8,16H,(H,22,25). The average molecular weight is 366 g/mol. The van der Waals surface area contributed by atoms with Gasteiger partial charge >= 0.3 is 6.61 Å². The molecule has 10 heteroatoms. The number of carbonyl (C=O) groups is 1. The molecule has 2 aromatic carbocycles. The molecule has 0 saturated heterocycles. The molecule has 3 rings (SSSR count). The molecule has 1 N–H and O–H groups in total. The number of nitrogens with one attached hydrogen (secondary N) is 1. The molecule has 0 radical (unpaired) electrons. The number of alkyl halides is 2. The highest BCUT2D eigenvalue weighted by molar-refractivity contribution is 6.01. The molecule has 134 valence electrons. The number of nitrogens with zero attached hydrogens (tertiary/aromatic N) is 3. The lowest BCUT2D eigenvalue weighted by molar-refractivity contribution is -0.0498. The van der Waals surface area contributed by atoms with E-state index in [1.165, 1.54) is 35.3 Å². The Morgan fingerprint density at radius 1 is 1.12 bits per heavy atom. The molecule has 0 aliphatic heterocycles. The second-order valence-electron chi connectivity index (χ2n) is 4.96. The van der Waals surface area contributed by atoms with Crippen molar-refractivity contribution in [2.75, 3.05) is 5.32 Å². The summed E-state index contributed by atoms with van der Waals surface area (Å²) in [6, 6.07) is 8.18. The molecule has 0 fully saturated rings. The molecular weight excluding hydrogens is 356 g/mol. The van der Waals surface area contributed by atoms with E-state index >= 15 is 0 Å². The maximum absolute atomic E-state index is 13.6. The van der Waals surface area contributed by atoms with Crippen molar-refractivity contribution in [1.29, 1.82) is 0 Å². The molecule has 0 unspecified atom stereocenters. The fraction of sp³-hybridized carbons (Fsp3) is 0.0625. The first-order valence-electron chi connectivity index (χ1n) is 7.15. The highest BCUT2D eigenvalue weighted by Gasteiger charge is 2.15. The van der Waals surface area contributed by atoms with Crippen molar-refractivity contribution in [3.8, 4) is 11.4 Å². The normalized spacial score (nSPS) is 10.8. The minimum absolute atomic E-state index is 0.0337. The smallest absolute Gasteiger partial charge is 0.387 e. The lowest BCUT2D eigenvalue weighted by Gasteiger charge is -2.05. The van der Waals surface area contributed by atoms with Crippen LogP contribution in [0.3, 0.4) is 0 Å². The quantitative estimate of drug-likeness (QED) is 0.703. The number of benzene rings is 2. The van der Waals surface area contributed by atoms with Crippen LogP contribution >= 0.6 is 0 Å². The van der Waals surface area contributed by atoms with Crippen LogP contribution in [0, 0.1) is 11.6 Å². The Morgan fingerprint density at radius 3 is 2.50 bits per heavy atom. The molecule has 3 aromatic rings. The van der Waals surface area contributed by atoms with Crippen molar-refractivity contribution >= 4 is 11.6 Å². The number of halogens is 4. The number of hydrogen-bond donors (Lipinski definition) is 1. The zero-order valence-electron chi connectivity index (χ0n) is 12.9. The summed E-state index contributed by atoms with van der Waals surface area (Å²) in [5.41, 5.74) is 0.215. The molecule has 1 heterocycles. The molecule has 0 aliphatic carbocycles. The van der Waals surface area contributed by atoms with Gasteiger partial charge in [0.25, 0.3) is 5.91 Å². The van der Waals surface area contributed by atoms with Gasteiger partial charge in [0.2, 0.25) is 5.82 Å². The molecule has 0 saturated carbocycles. The van der Waals surface area contributed by atoms with Crippen molar-refractivity contribution < 1.29 is 27.1 Å². The summed E-state index contributed by atoms with van der Waals surface area (Å²) < 4.78 is 56.1. The Labute approximate surface area is 144 Å². The van der Waals surface area contributed by atoms with Gasteiger partial charge in [-0.1, -0.05) is 0 Å². The largest absolute Gasteiger partial charge is 0.435 e. The van der Waals surface area contributed by atoms with Crippen LogP contribution in [0.1, 0.15) is 10.6 Å². The van der Waals surface area contributed by atoms with Gasteiger partial charge in [0.15, 0.2) is 0 Å². The summed E-state index contributed by atoms with van der Waals surface area (Å²) in [7, 11) is 0. The van der Waals surface area contributed by atoms with Crippen molar-refractivity contribution in [3.05, 3.63) is 66.3 Å². The fourth-order valence-corrected chi connectivity index (χ4v) is 2.04. The molecule has 6 nitrogen and oxygen atoms in total. The molecule has 1 amide bonds. The van der Waals surface area contributed by atoms with Gasteiger partial charge in [-0.25, -0.2) is 18.4 Å². The van der Waals surface area contributed by atoms with Gasteiger partial charge in [0.1, 0.15) is 23.7 Å². The van der Waals surface area contributed by atoms with Crippen LogP contribution in [-0.2, 0) is 0 Å². The van der Waals surface area contributed by atoms with Gasteiger partial charge in [0, 0.05) is 6.07 Å². The van der Waals surface area contributed by atoms with Gasteiger partial charge in [-0.05, 0) is 36.4 Å². The van der Waals surface area contributed by atoms with Gasteiger partial charge in [-0.15, -0.1) is 5.10 Å². The first kappa shape index (κ1) is 17.4. The molecular formula is C16H10F4N4O2. The van der Waals surface area contributed by atoms with E-state index in [1.807, 2.05) is 0 Å². The van der Waals surface area contributed by atoms with Crippen LogP contribution in [0.15, 0.2) is 48.8 Å². The summed E-state index contributed by atoms with van der Waals surface area (Å²) >= 11 is 0. The maximum atomic E-state index is 13.6. The zero-order chi connectivity index (χ0) is 18.7. The van der Waals surface area contributed by atoms with Crippen molar-refractivity contribution in [3.63, 3.8) is 0 Å². The summed E-state index contributed by atoms with van der Waals surface area (Å²) in [4.78, 5) is 15.9. The SMILES string of the molecule is O=C(Nc1ccc(F)cc1F)c1ncn(-c2ccc(OC(F)F)cc2)n1. The van der Waals surface area contributed by atoms with Crippen LogP contribution < -0.4 is 10.1 Å². The number of aromatic nitrogens is 3. The minimum Gasteiger partial charge on any atom is -0.435 e. The van der Waals surface area contributed by atoms with Crippen LogP contribution in [-0.4, -0.2) is 27.3 Å². The van der Waals surface area contributed by atoms with Crippen molar-refractivity contribution in [1.82, 2.24) is 14.8 Å². The number of hydrogen-bond acceptors (Lipinski definition) is 4. The lowest BCUT2D eigenvalue weighted by atomic mass is 10.3. The van der Waals surface area contributed by atoms with E-state index in [2.05, 4.69) is 20.1 Å². The first-order valence-corrected chi connectivity index (χ1v) is 7.15. The Morgan fingerprint density at radius 2 is 1.85 bits per heavy atom. The van der Waals surface area contributed by atoms with Gasteiger partial charge < -0.3 is 10.1 Å². The fourth-order valence-electron chi connectivity index (χ4n) is 2.04. The van der Waals surface area contributed by atoms with Crippen LogP contribution in [0.25, 0.3) is 5.69 Å². The third-order valence-electron chi connectivity index (χ3n) is 3.20. The van der Waals surface area contributed by atoms with E-state index in [0.717, 1.165) is 12.1 Å². The number of amides is 1. The van der Waals surface area contributed by atoms with Crippen LogP contribution in [0.2, 0.25) is 0 Å². The van der Waals surface area contributed by atoms with E-state index in [9.17, 15) is 22.4 Å². The molecule has 26 heavy (non-hydrogen) atoms. The zero-order valence-corrected chi connectivity index (χ0v) is 12.9. The third-order valence-corrected chi connectivity index (χ3v) is 3.20. The molecule has 1 aromatic heterocycles. The van der Waals surface area contributed by atoms with Crippen molar-refractivity contribution in [2.45, 2.75) is 6.61 Å². The molecule has 0 aliphatic rings. The van der Waals surface area contributed by atoms with Gasteiger partial charge in [-0.2, -0.15) is 8.78 Å². The molecule has 0 atom stereocenters. The average Bonchev–Trinajstić information content (AvgIpc) is 3.08. The van der Waals surface area contributed by atoms with E-state index in [4.69, 9.17) is 0 Å². The van der Waals surface area contributed by atoms with E-state index in [-0.39, 0.29) is 17.3 Å². The van der Waals surface area contributed by atoms with E-state index in [1.54, 1.807) is 0 Å². The van der Waals surface area contributed by atoms with Crippen LogP contribution in [0.4, 0.5) is 23.2 Å². The predicted octanol–water partition coefficient (Wildman–Crippen LogP) is 3.40. The third kappa shape index (κ3) is 3.97. The second-order valence-corrected chi connectivity index (χ2v) is 4.96. The van der Waals surface area contributed by atoms with E-state index in [0.29, 0.717) is 11.8 Å². The Kier molecular flexibility index (Phi) is 4.83. The highest BCUT2D eigenvalue weighted by Crippen LogP contribution is 2.18. The minimum atomic E-state index is -2.94. The maximum Gasteiger partial charge on any atom is 0.387 e. The van der Waals surface area contributed by atoms with Crippen LogP contribution in [0.5, 0.6) is 5.75 Å². The van der Waals surface area contributed by atoms with E-state index < -0.39 is 24.2 Å². The monoisotopic (exact) mass is 366 g/mol. The number of rotatable bonds is 5. The summed E-state index contributed by atoms with van der Waals surface area (Å²) in [6.07, 6.45) is 1.22. The Bertz CT molecular complexity index is 928. The summed E-state index contributed by atoms with van der Waals surface area (Å²) in [5.74, 6) is -2.81.